The van der Waals surface area contributed by atoms with E-state index >= 15 is 0 Å². The molecule has 110 valence electrons. The van der Waals surface area contributed by atoms with Crippen LogP contribution < -0.4 is 5.32 Å². The van der Waals surface area contributed by atoms with Gasteiger partial charge in [0.2, 0.25) is 0 Å². The fourth-order valence-corrected chi connectivity index (χ4v) is 1.51. The predicted octanol–water partition coefficient (Wildman–Crippen LogP) is 2.56. The average Bonchev–Trinajstić information content (AvgIpc) is 2.33. The van der Waals surface area contributed by atoms with Crippen molar-refractivity contribution in [1.29, 1.82) is 0 Å². The van der Waals surface area contributed by atoms with Crippen LogP contribution in [0.5, 0.6) is 0 Å². The lowest BCUT2D eigenvalue weighted by Crippen LogP contribution is -2.38. The minimum absolute atomic E-state index is 0.280. The third kappa shape index (κ3) is 4.87. The lowest BCUT2D eigenvalue weighted by atomic mass is 10.1. The fourth-order valence-electron chi connectivity index (χ4n) is 1.51. The van der Waals surface area contributed by atoms with Crippen molar-refractivity contribution >= 4 is 12.1 Å². The van der Waals surface area contributed by atoms with Gasteiger partial charge in [0.1, 0.15) is 11.4 Å². The largest absolute Gasteiger partial charge is 0.467 e. The first-order valence-electron chi connectivity index (χ1n) is 6.06. The molecule has 0 heterocycles. The number of rotatable bonds is 3. The van der Waals surface area contributed by atoms with Gasteiger partial charge >= 0.3 is 12.1 Å². The van der Waals surface area contributed by atoms with Gasteiger partial charge in [0.15, 0.2) is 6.04 Å². The number of ether oxygens (including phenoxy) is 2. The van der Waals surface area contributed by atoms with Crippen molar-refractivity contribution in [1.82, 2.24) is 5.32 Å². The number of amides is 1. The van der Waals surface area contributed by atoms with Gasteiger partial charge in [0, 0.05) is 0 Å². The molecule has 0 fully saturated rings. The van der Waals surface area contributed by atoms with E-state index in [9.17, 15) is 14.0 Å². The van der Waals surface area contributed by atoms with Gasteiger partial charge in [-0.2, -0.15) is 0 Å². The van der Waals surface area contributed by atoms with Crippen molar-refractivity contribution in [2.75, 3.05) is 7.11 Å². The van der Waals surface area contributed by atoms with Gasteiger partial charge in [0.25, 0.3) is 0 Å². The summed E-state index contributed by atoms with van der Waals surface area (Å²) in [6.07, 6.45) is -0.780. The molecule has 0 aliphatic rings. The Morgan fingerprint density at radius 2 is 1.95 bits per heavy atom. The quantitative estimate of drug-likeness (QED) is 0.866. The van der Waals surface area contributed by atoms with Gasteiger partial charge in [-0.25, -0.2) is 14.0 Å². The molecule has 0 aromatic heterocycles. The number of carbonyl (C=O) groups is 2. The zero-order valence-electron chi connectivity index (χ0n) is 11.9. The fraction of sp³-hybridized carbons (Fsp3) is 0.429. The summed E-state index contributed by atoms with van der Waals surface area (Å²) >= 11 is 0. The van der Waals surface area contributed by atoms with Gasteiger partial charge < -0.3 is 14.8 Å². The molecule has 0 aliphatic heterocycles. The molecule has 0 bridgehead atoms. The van der Waals surface area contributed by atoms with Crippen LogP contribution in [0.1, 0.15) is 32.4 Å². The molecule has 0 saturated carbocycles. The van der Waals surface area contributed by atoms with Crippen LogP contribution in [0, 0.1) is 5.82 Å². The molecule has 0 radical (unpaired) electrons. The van der Waals surface area contributed by atoms with Crippen LogP contribution in [0.15, 0.2) is 24.3 Å². The number of esters is 1. The van der Waals surface area contributed by atoms with Crippen LogP contribution in [-0.2, 0) is 14.3 Å². The van der Waals surface area contributed by atoms with Gasteiger partial charge in [-0.15, -0.1) is 0 Å². The summed E-state index contributed by atoms with van der Waals surface area (Å²) in [7, 11) is 1.19. The standard InChI is InChI=1S/C14H18FNO4/c1-14(2,3)20-13(18)16-11(12(17)19-4)9-6-5-7-10(15)8-9/h5-8,11H,1-4H3,(H,16,18). The topological polar surface area (TPSA) is 64.6 Å². The van der Waals surface area contributed by atoms with Crippen molar-refractivity contribution in [2.24, 2.45) is 0 Å². The zero-order chi connectivity index (χ0) is 15.3. The average molecular weight is 283 g/mol. The first-order chi connectivity index (χ1) is 9.23. The molecular formula is C14H18FNO4. The van der Waals surface area contributed by atoms with Crippen molar-refractivity contribution in [3.05, 3.63) is 35.6 Å². The highest BCUT2D eigenvalue weighted by Crippen LogP contribution is 2.17. The Morgan fingerprint density at radius 3 is 2.45 bits per heavy atom. The molecule has 6 heteroatoms. The van der Waals surface area contributed by atoms with Crippen LogP contribution in [0.2, 0.25) is 0 Å². The molecule has 1 unspecified atom stereocenters. The minimum atomic E-state index is -1.12. The number of hydrogen-bond donors (Lipinski definition) is 1. The second kappa shape index (κ2) is 6.36. The van der Waals surface area contributed by atoms with Gasteiger partial charge in [-0.05, 0) is 38.5 Å². The number of hydrogen-bond acceptors (Lipinski definition) is 4. The highest BCUT2D eigenvalue weighted by Gasteiger charge is 2.26. The van der Waals surface area contributed by atoms with E-state index in [2.05, 4.69) is 10.1 Å². The van der Waals surface area contributed by atoms with Crippen molar-refractivity contribution in [3.63, 3.8) is 0 Å². The lowest BCUT2D eigenvalue weighted by Gasteiger charge is -2.22. The van der Waals surface area contributed by atoms with E-state index in [1.54, 1.807) is 20.8 Å². The number of nitrogens with one attached hydrogen (secondary N) is 1. The molecule has 0 saturated heterocycles. The van der Waals surface area contributed by atoms with Crippen molar-refractivity contribution in [2.45, 2.75) is 32.4 Å². The third-order valence-electron chi connectivity index (χ3n) is 2.28. The first kappa shape index (κ1) is 15.9. The molecule has 0 spiro atoms. The van der Waals surface area contributed by atoms with Crippen molar-refractivity contribution < 1.29 is 23.5 Å². The molecular weight excluding hydrogens is 265 g/mol. The van der Waals surface area contributed by atoms with E-state index in [0.29, 0.717) is 0 Å². The summed E-state index contributed by atoms with van der Waals surface area (Å²) in [6, 6.07) is 4.23. The maximum atomic E-state index is 13.2. The Balaban J connectivity index is 2.91. The SMILES string of the molecule is COC(=O)C(NC(=O)OC(C)(C)C)c1cccc(F)c1. The van der Waals surface area contributed by atoms with Crippen LogP contribution in [-0.4, -0.2) is 24.8 Å². The van der Waals surface area contributed by atoms with Gasteiger partial charge in [-0.1, -0.05) is 12.1 Å². The van der Waals surface area contributed by atoms with Crippen LogP contribution >= 0.6 is 0 Å². The van der Waals surface area contributed by atoms with E-state index in [1.165, 1.54) is 25.3 Å². The maximum Gasteiger partial charge on any atom is 0.408 e. The number of carbonyl (C=O) groups excluding carboxylic acids is 2. The Labute approximate surface area is 117 Å². The van der Waals surface area contributed by atoms with Crippen LogP contribution in [0.25, 0.3) is 0 Å². The highest BCUT2D eigenvalue weighted by atomic mass is 19.1. The molecule has 1 aromatic carbocycles. The van der Waals surface area contributed by atoms with E-state index in [4.69, 9.17) is 4.74 Å². The van der Waals surface area contributed by atoms with Gasteiger partial charge in [-0.3, -0.25) is 0 Å². The summed E-state index contributed by atoms with van der Waals surface area (Å²) in [6.45, 7) is 5.09. The number of benzene rings is 1. The molecule has 1 amide bonds. The number of halogens is 1. The Bertz CT molecular complexity index is 496. The third-order valence-corrected chi connectivity index (χ3v) is 2.28. The number of methoxy groups -OCH3 is 1. The molecule has 1 atom stereocenters. The Kier molecular flexibility index (Phi) is 5.07. The monoisotopic (exact) mass is 283 g/mol. The summed E-state index contributed by atoms with van der Waals surface area (Å²) < 4.78 is 22.9. The highest BCUT2D eigenvalue weighted by molar-refractivity contribution is 5.82. The van der Waals surface area contributed by atoms with E-state index < -0.39 is 29.5 Å². The molecule has 1 aromatic rings. The molecule has 20 heavy (non-hydrogen) atoms. The Morgan fingerprint density at radius 1 is 1.30 bits per heavy atom. The first-order valence-corrected chi connectivity index (χ1v) is 6.06. The summed E-state index contributed by atoms with van der Waals surface area (Å²) in [4.78, 5) is 23.4. The Hall–Kier alpha value is -2.11. The summed E-state index contributed by atoms with van der Waals surface area (Å²) in [5.41, 5.74) is -0.421. The zero-order valence-corrected chi connectivity index (χ0v) is 11.9. The predicted molar refractivity (Wildman–Crippen MR) is 70.5 cm³/mol. The maximum absolute atomic E-state index is 13.2. The molecule has 1 N–H and O–H groups in total. The second-order valence-electron chi connectivity index (χ2n) is 5.16. The lowest BCUT2D eigenvalue weighted by molar-refractivity contribution is -0.143. The minimum Gasteiger partial charge on any atom is -0.467 e. The van der Waals surface area contributed by atoms with E-state index in [-0.39, 0.29) is 5.56 Å². The van der Waals surface area contributed by atoms with E-state index in [0.717, 1.165) is 6.07 Å². The molecule has 5 nitrogen and oxygen atoms in total. The van der Waals surface area contributed by atoms with Crippen LogP contribution in [0.4, 0.5) is 9.18 Å². The number of alkyl carbamates (subject to hydrolysis) is 1. The van der Waals surface area contributed by atoms with Gasteiger partial charge in [0.05, 0.1) is 7.11 Å². The molecule has 1 rings (SSSR count). The summed E-state index contributed by atoms with van der Waals surface area (Å²) in [5, 5.41) is 2.37. The van der Waals surface area contributed by atoms with E-state index in [1.807, 2.05) is 0 Å². The van der Waals surface area contributed by atoms with Crippen LogP contribution in [0.3, 0.4) is 0 Å². The normalized spacial score (nSPS) is 12.4. The van der Waals surface area contributed by atoms with Crippen molar-refractivity contribution in [3.8, 4) is 0 Å². The molecule has 0 aliphatic carbocycles. The summed E-state index contributed by atoms with van der Waals surface area (Å²) in [5.74, 6) is -1.22. The second-order valence-corrected chi connectivity index (χ2v) is 5.16. The smallest absolute Gasteiger partial charge is 0.408 e.